The number of hydrogen-bond donors (Lipinski definition) is 2. The number of aryl methyl sites for hydroxylation is 1. The summed E-state index contributed by atoms with van der Waals surface area (Å²) in [6.45, 7) is 3.29. The molecule has 1 aliphatic rings. The van der Waals surface area contributed by atoms with E-state index in [9.17, 15) is 4.79 Å². The molecular formula is C11H18N4OS. The van der Waals surface area contributed by atoms with E-state index in [-0.39, 0.29) is 11.3 Å². The molecule has 0 aliphatic heterocycles. The maximum absolute atomic E-state index is 11.7. The molecule has 0 atom stereocenters. The van der Waals surface area contributed by atoms with Crippen molar-refractivity contribution in [1.29, 1.82) is 0 Å². The lowest BCUT2D eigenvalue weighted by molar-refractivity contribution is -0.122. The van der Waals surface area contributed by atoms with Crippen LogP contribution in [0.3, 0.4) is 0 Å². The van der Waals surface area contributed by atoms with E-state index in [0.717, 1.165) is 31.0 Å². The number of hydrogen-bond acceptors (Lipinski definition) is 4. The first-order valence-electron chi connectivity index (χ1n) is 5.93. The Morgan fingerprint density at radius 3 is 3.00 bits per heavy atom. The molecule has 94 valence electrons. The molecule has 2 rings (SSSR count). The predicted molar refractivity (Wildman–Crippen MR) is 67.7 cm³/mol. The van der Waals surface area contributed by atoms with Crippen LogP contribution >= 0.6 is 12.6 Å². The third-order valence-corrected chi connectivity index (χ3v) is 3.98. The summed E-state index contributed by atoms with van der Waals surface area (Å²) in [4.78, 5) is 11.7. The fourth-order valence-electron chi connectivity index (χ4n) is 1.83. The third-order valence-electron chi connectivity index (χ3n) is 3.31. The van der Waals surface area contributed by atoms with Crippen LogP contribution in [0.5, 0.6) is 0 Å². The molecule has 5 nitrogen and oxygen atoms in total. The lowest BCUT2D eigenvalue weighted by Gasteiger charge is -2.11. The highest BCUT2D eigenvalue weighted by molar-refractivity contribution is 7.80. The normalized spacial score (nSPS) is 16.8. The molecule has 0 spiro atoms. The average molecular weight is 254 g/mol. The van der Waals surface area contributed by atoms with E-state index < -0.39 is 0 Å². The van der Waals surface area contributed by atoms with Crippen molar-refractivity contribution in [2.45, 2.75) is 39.3 Å². The van der Waals surface area contributed by atoms with E-state index in [0.29, 0.717) is 13.0 Å². The molecule has 1 saturated carbocycles. The highest BCUT2D eigenvalue weighted by atomic mass is 32.1. The van der Waals surface area contributed by atoms with Gasteiger partial charge in [-0.1, -0.05) is 0 Å². The monoisotopic (exact) mass is 254 g/mol. The fourth-order valence-corrected chi connectivity index (χ4v) is 2.26. The summed E-state index contributed by atoms with van der Waals surface area (Å²) in [5.74, 6) is 1.68. The first kappa shape index (κ1) is 12.4. The molecule has 0 saturated heterocycles. The van der Waals surface area contributed by atoms with E-state index in [1.54, 1.807) is 6.33 Å². The zero-order chi connectivity index (χ0) is 12.3. The van der Waals surface area contributed by atoms with Crippen molar-refractivity contribution in [3.63, 3.8) is 0 Å². The zero-order valence-corrected chi connectivity index (χ0v) is 10.9. The number of aromatic nitrogens is 3. The smallest absolute Gasteiger partial charge is 0.220 e. The quantitative estimate of drug-likeness (QED) is 0.745. The molecule has 6 heteroatoms. The van der Waals surface area contributed by atoms with Gasteiger partial charge in [0.2, 0.25) is 5.91 Å². The van der Waals surface area contributed by atoms with Crippen LogP contribution in [0, 0.1) is 5.41 Å². The van der Waals surface area contributed by atoms with E-state index in [2.05, 4.69) is 28.1 Å². The van der Waals surface area contributed by atoms with E-state index in [1.807, 2.05) is 11.5 Å². The van der Waals surface area contributed by atoms with E-state index >= 15 is 0 Å². The van der Waals surface area contributed by atoms with Gasteiger partial charge in [-0.3, -0.25) is 4.79 Å². The van der Waals surface area contributed by atoms with Crippen molar-refractivity contribution in [3.05, 3.63) is 12.2 Å². The van der Waals surface area contributed by atoms with E-state index in [4.69, 9.17) is 0 Å². The van der Waals surface area contributed by atoms with Crippen molar-refractivity contribution in [3.8, 4) is 0 Å². The van der Waals surface area contributed by atoms with Crippen LogP contribution in [-0.2, 0) is 17.9 Å². The van der Waals surface area contributed by atoms with Crippen LogP contribution < -0.4 is 5.32 Å². The van der Waals surface area contributed by atoms with E-state index in [1.165, 1.54) is 0 Å². The largest absolute Gasteiger partial charge is 0.349 e. The molecule has 0 unspecified atom stereocenters. The number of amides is 1. The third kappa shape index (κ3) is 3.00. The second-order valence-corrected chi connectivity index (χ2v) is 4.96. The number of rotatable bonds is 6. The predicted octanol–water partition coefficient (Wildman–Crippen LogP) is 1.01. The van der Waals surface area contributed by atoms with Gasteiger partial charge >= 0.3 is 0 Å². The van der Waals surface area contributed by atoms with Gasteiger partial charge in [-0.2, -0.15) is 12.6 Å². The SMILES string of the molecule is CCn1cnnc1CNC(=O)CC1(CS)CC1. The molecule has 1 heterocycles. The van der Waals surface area contributed by atoms with Crippen molar-refractivity contribution in [2.75, 3.05) is 5.75 Å². The molecule has 1 aromatic rings. The maximum atomic E-state index is 11.7. The second kappa shape index (κ2) is 5.08. The molecule has 17 heavy (non-hydrogen) atoms. The summed E-state index contributed by atoms with van der Waals surface area (Å²) in [6.07, 6.45) is 4.50. The molecule has 1 amide bonds. The first-order chi connectivity index (χ1) is 8.19. The number of carbonyl (C=O) groups is 1. The number of carbonyl (C=O) groups excluding carboxylic acids is 1. The van der Waals surface area contributed by atoms with Crippen molar-refractivity contribution < 1.29 is 4.79 Å². The van der Waals surface area contributed by atoms with Crippen molar-refractivity contribution in [1.82, 2.24) is 20.1 Å². The molecule has 1 N–H and O–H groups in total. The van der Waals surface area contributed by atoms with Crippen LogP contribution in [-0.4, -0.2) is 26.4 Å². The Labute approximate surface area is 106 Å². The lowest BCUT2D eigenvalue weighted by atomic mass is 10.1. The minimum absolute atomic E-state index is 0.0854. The first-order valence-corrected chi connectivity index (χ1v) is 6.56. The van der Waals surface area contributed by atoms with Gasteiger partial charge in [-0.15, -0.1) is 10.2 Å². The van der Waals surface area contributed by atoms with Gasteiger partial charge in [0.1, 0.15) is 6.33 Å². The van der Waals surface area contributed by atoms with Crippen LogP contribution in [0.4, 0.5) is 0 Å². The Morgan fingerprint density at radius 1 is 1.65 bits per heavy atom. The van der Waals surface area contributed by atoms with Crippen LogP contribution in [0.15, 0.2) is 6.33 Å². The molecule has 0 aromatic carbocycles. The number of thiol groups is 1. The molecular weight excluding hydrogens is 236 g/mol. The summed E-state index contributed by atoms with van der Waals surface area (Å²) < 4.78 is 1.92. The van der Waals surface area contributed by atoms with Gasteiger partial charge in [0.15, 0.2) is 5.82 Å². The van der Waals surface area contributed by atoms with Crippen molar-refractivity contribution >= 4 is 18.5 Å². The van der Waals surface area contributed by atoms with Crippen LogP contribution in [0.25, 0.3) is 0 Å². The summed E-state index contributed by atoms with van der Waals surface area (Å²) >= 11 is 4.29. The Kier molecular flexibility index (Phi) is 3.71. The van der Waals surface area contributed by atoms with Gasteiger partial charge < -0.3 is 9.88 Å². The topological polar surface area (TPSA) is 59.8 Å². The van der Waals surface area contributed by atoms with Gasteiger partial charge in [-0.05, 0) is 30.9 Å². The molecule has 1 aromatic heterocycles. The van der Waals surface area contributed by atoms with Gasteiger partial charge in [0.25, 0.3) is 0 Å². The highest BCUT2D eigenvalue weighted by Gasteiger charge is 2.42. The van der Waals surface area contributed by atoms with Crippen molar-refractivity contribution in [2.24, 2.45) is 5.41 Å². The number of nitrogens with zero attached hydrogens (tertiary/aromatic N) is 3. The molecule has 1 aliphatic carbocycles. The van der Waals surface area contributed by atoms with Gasteiger partial charge in [0, 0.05) is 13.0 Å². The zero-order valence-electron chi connectivity index (χ0n) is 10.0. The average Bonchev–Trinajstić information content (AvgIpc) is 2.95. The number of nitrogens with one attached hydrogen (secondary N) is 1. The van der Waals surface area contributed by atoms with Gasteiger partial charge in [-0.25, -0.2) is 0 Å². The Hall–Kier alpha value is -1.04. The lowest BCUT2D eigenvalue weighted by Crippen LogP contribution is -2.27. The molecule has 0 radical (unpaired) electrons. The Balaban J connectivity index is 1.80. The summed E-state index contributed by atoms with van der Waals surface area (Å²) in [6, 6.07) is 0. The summed E-state index contributed by atoms with van der Waals surface area (Å²) in [5, 5.41) is 10.7. The standard InChI is InChI=1S/C11H18N4OS/c1-2-15-8-13-14-9(15)6-12-10(16)5-11(7-17)3-4-11/h8,17H,2-7H2,1H3,(H,12,16). The molecule has 0 bridgehead atoms. The van der Waals surface area contributed by atoms with Gasteiger partial charge in [0.05, 0.1) is 6.54 Å². The Bertz CT molecular complexity index is 400. The minimum atomic E-state index is 0.0854. The van der Waals surface area contributed by atoms with Crippen LogP contribution in [0.2, 0.25) is 0 Å². The Morgan fingerprint density at radius 2 is 2.41 bits per heavy atom. The fraction of sp³-hybridized carbons (Fsp3) is 0.727. The summed E-state index contributed by atoms with van der Waals surface area (Å²) in [7, 11) is 0. The molecule has 1 fully saturated rings. The summed E-state index contributed by atoms with van der Waals surface area (Å²) in [5.41, 5.74) is 0.172. The second-order valence-electron chi connectivity index (χ2n) is 4.64. The highest BCUT2D eigenvalue weighted by Crippen LogP contribution is 2.49. The minimum Gasteiger partial charge on any atom is -0.349 e. The maximum Gasteiger partial charge on any atom is 0.220 e. The van der Waals surface area contributed by atoms with Crippen LogP contribution in [0.1, 0.15) is 32.0 Å².